The lowest BCUT2D eigenvalue weighted by atomic mass is 10.1. The van der Waals surface area contributed by atoms with Gasteiger partial charge >= 0.3 is 5.97 Å². The molecule has 0 radical (unpaired) electrons. The van der Waals surface area contributed by atoms with Crippen LogP contribution in [0.3, 0.4) is 0 Å². The number of ether oxygens (including phenoxy) is 2. The Kier molecular flexibility index (Phi) is 7.35. The van der Waals surface area contributed by atoms with Gasteiger partial charge in [-0.3, -0.25) is 9.59 Å². The van der Waals surface area contributed by atoms with E-state index in [1.165, 1.54) is 18.0 Å². The number of morpholine rings is 1. The van der Waals surface area contributed by atoms with E-state index in [2.05, 4.69) is 0 Å². The SMILES string of the molecule is Cc1cccc(/C=C/C(=O)OCC(=O)N(C)CC(=O)N2CCOCC2)c1. The second kappa shape index (κ2) is 9.72. The Balaban J connectivity index is 1.74. The predicted octanol–water partition coefficient (Wildman–Crippen LogP) is 0.869. The van der Waals surface area contributed by atoms with Gasteiger partial charge in [-0.2, -0.15) is 0 Å². The molecule has 1 heterocycles. The summed E-state index contributed by atoms with van der Waals surface area (Å²) in [5, 5.41) is 0. The van der Waals surface area contributed by atoms with E-state index < -0.39 is 18.5 Å². The second-order valence-corrected chi connectivity index (χ2v) is 6.10. The molecule has 0 saturated carbocycles. The molecule has 26 heavy (non-hydrogen) atoms. The third-order valence-electron chi connectivity index (χ3n) is 3.95. The van der Waals surface area contributed by atoms with Crippen LogP contribution < -0.4 is 0 Å². The standard InChI is InChI=1S/C19H24N2O5/c1-15-4-3-5-16(12-15)6-7-19(24)26-14-18(23)20(2)13-17(22)21-8-10-25-11-9-21/h3-7,12H,8-11,13-14H2,1-2H3/b7-6+. The first-order chi connectivity index (χ1) is 12.5. The van der Waals surface area contributed by atoms with E-state index in [-0.39, 0.29) is 12.5 Å². The average molecular weight is 360 g/mol. The van der Waals surface area contributed by atoms with Gasteiger partial charge in [0.15, 0.2) is 6.61 Å². The van der Waals surface area contributed by atoms with Crippen molar-refractivity contribution in [1.82, 2.24) is 9.80 Å². The minimum atomic E-state index is -0.604. The monoisotopic (exact) mass is 360 g/mol. The van der Waals surface area contributed by atoms with Crippen molar-refractivity contribution in [1.29, 1.82) is 0 Å². The smallest absolute Gasteiger partial charge is 0.331 e. The fourth-order valence-electron chi connectivity index (χ4n) is 2.43. The summed E-state index contributed by atoms with van der Waals surface area (Å²) >= 11 is 0. The summed E-state index contributed by atoms with van der Waals surface area (Å²) in [7, 11) is 1.51. The van der Waals surface area contributed by atoms with E-state index >= 15 is 0 Å². The van der Waals surface area contributed by atoms with Crippen molar-refractivity contribution < 1.29 is 23.9 Å². The van der Waals surface area contributed by atoms with E-state index in [1.54, 1.807) is 11.0 Å². The first-order valence-electron chi connectivity index (χ1n) is 8.46. The molecule has 0 atom stereocenters. The summed E-state index contributed by atoms with van der Waals surface area (Å²) in [6.45, 7) is 3.59. The number of hydrogen-bond donors (Lipinski definition) is 0. The van der Waals surface area contributed by atoms with Crippen molar-refractivity contribution in [2.75, 3.05) is 46.5 Å². The van der Waals surface area contributed by atoms with Crippen LogP contribution >= 0.6 is 0 Å². The van der Waals surface area contributed by atoms with Crippen LogP contribution in [0.25, 0.3) is 6.08 Å². The summed E-state index contributed by atoms with van der Waals surface area (Å²) in [5.41, 5.74) is 1.96. The summed E-state index contributed by atoms with van der Waals surface area (Å²) in [6.07, 6.45) is 2.91. The third-order valence-corrected chi connectivity index (χ3v) is 3.95. The Morgan fingerprint density at radius 2 is 2.00 bits per heavy atom. The van der Waals surface area contributed by atoms with Crippen molar-refractivity contribution in [2.45, 2.75) is 6.92 Å². The highest BCUT2D eigenvalue weighted by molar-refractivity contribution is 5.90. The number of likely N-dealkylation sites (N-methyl/N-ethyl adjacent to an activating group) is 1. The highest BCUT2D eigenvalue weighted by atomic mass is 16.5. The summed E-state index contributed by atoms with van der Waals surface area (Å²) in [4.78, 5) is 38.8. The maximum atomic E-state index is 12.1. The summed E-state index contributed by atoms with van der Waals surface area (Å²) < 4.78 is 10.1. The number of carbonyl (C=O) groups excluding carboxylic acids is 3. The van der Waals surface area contributed by atoms with Gasteiger partial charge in [0, 0.05) is 26.2 Å². The first kappa shape index (κ1) is 19.7. The highest BCUT2D eigenvalue weighted by Gasteiger charge is 2.20. The van der Waals surface area contributed by atoms with Gasteiger partial charge in [-0.1, -0.05) is 29.8 Å². The Bertz CT molecular complexity index is 680. The zero-order chi connectivity index (χ0) is 18.9. The molecular formula is C19H24N2O5. The highest BCUT2D eigenvalue weighted by Crippen LogP contribution is 2.06. The van der Waals surface area contributed by atoms with Gasteiger partial charge in [-0.15, -0.1) is 0 Å². The number of rotatable bonds is 6. The van der Waals surface area contributed by atoms with Crippen LogP contribution in [0.1, 0.15) is 11.1 Å². The molecule has 2 rings (SSSR count). The summed E-state index contributed by atoms with van der Waals surface area (Å²) in [6, 6.07) is 7.65. The molecule has 1 saturated heterocycles. The quantitative estimate of drug-likeness (QED) is 0.556. The van der Waals surface area contributed by atoms with Gasteiger partial charge < -0.3 is 19.3 Å². The van der Waals surface area contributed by atoms with Gasteiger partial charge in [0.1, 0.15) is 0 Å². The van der Waals surface area contributed by atoms with Crippen LogP contribution in [0.15, 0.2) is 30.3 Å². The molecular weight excluding hydrogens is 336 g/mol. The lowest BCUT2D eigenvalue weighted by Gasteiger charge is -2.28. The molecule has 0 unspecified atom stereocenters. The van der Waals surface area contributed by atoms with E-state index in [4.69, 9.17) is 9.47 Å². The fourth-order valence-corrected chi connectivity index (χ4v) is 2.43. The lowest BCUT2D eigenvalue weighted by Crippen LogP contribution is -2.46. The number of amides is 2. The zero-order valence-electron chi connectivity index (χ0n) is 15.1. The molecule has 0 N–H and O–H groups in total. The third kappa shape index (κ3) is 6.33. The van der Waals surface area contributed by atoms with Crippen molar-refractivity contribution in [3.63, 3.8) is 0 Å². The van der Waals surface area contributed by atoms with Crippen molar-refractivity contribution >= 4 is 23.9 Å². The Morgan fingerprint density at radius 3 is 2.69 bits per heavy atom. The maximum Gasteiger partial charge on any atom is 0.331 e. The molecule has 0 aromatic heterocycles. The molecule has 7 heteroatoms. The zero-order valence-corrected chi connectivity index (χ0v) is 15.1. The number of esters is 1. The topological polar surface area (TPSA) is 76.2 Å². The number of carbonyl (C=O) groups is 3. The van der Waals surface area contributed by atoms with Gasteiger partial charge in [-0.25, -0.2) is 4.79 Å². The normalized spacial score (nSPS) is 14.3. The number of benzene rings is 1. The van der Waals surface area contributed by atoms with E-state index in [9.17, 15) is 14.4 Å². The molecule has 2 amide bonds. The molecule has 1 fully saturated rings. The van der Waals surface area contributed by atoms with E-state index in [0.29, 0.717) is 26.3 Å². The number of hydrogen-bond acceptors (Lipinski definition) is 5. The molecule has 140 valence electrons. The lowest BCUT2D eigenvalue weighted by molar-refractivity contribution is -0.149. The van der Waals surface area contributed by atoms with E-state index in [0.717, 1.165) is 11.1 Å². The number of nitrogens with zero attached hydrogens (tertiary/aromatic N) is 2. The molecule has 0 bridgehead atoms. The molecule has 1 aromatic rings. The van der Waals surface area contributed by atoms with E-state index in [1.807, 2.05) is 31.2 Å². The Labute approximate surface area is 153 Å². The van der Waals surface area contributed by atoms with Crippen LogP contribution in [0.5, 0.6) is 0 Å². The van der Waals surface area contributed by atoms with Gasteiger partial charge in [0.25, 0.3) is 5.91 Å². The Hall–Kier alpha value is -2.67. The largest absolute Gasteiger partial charge is 0.452 e. The number of aryl methyl sites for hydroxylation is 1. The average Bonchev–Trinajstić information content (AvgIpc) is 2.65. The predicted molar refractivity (Wildman–Crippen MR) is 96.2 cm³/mol. The molecule has 0 aliphatic carbocycles. The Morgan fingerprint density at radius 1 is 1.27 bits per heavy atom. The second-order valence-electron chi connectivity index (χ2n) is 6.10. The van der Waals surface area contributed by atoms with Crippen LogP contribution in [0.2, 0.25) is 0 Å². The van der Waals surface area contributed by atoms with Crippen molar-refractivity contribution in [3.05, 3.63) is 41.5 Å². The van der Waals surface area contributed by atoms with Crippen LogP contribution in [0.4, 0.5) is 0 Å². The van der Waals surface area contributed by atoms with Gasteiger partial charge in [-0.05, 0) is 18.6 Å². The fraction of sp³-hybridized carbons (Fsp3) is 0.421. The molecule has 1 aliphatic rings. The molecule has 7 nitrogen and oxygen atoms in total. The van der Waals surface area contributed by atoms with Crippen molar-refractivity contribution in [3.8, 4) is 0 Å². The maximum absolute atomic E-state index is 12.1. The van der Waals surface area contributed by atoms with Crippen LogP contribution in [-0.2, 0) is 23.9 Å². The summed E-state index contributed by atoms with van der Waals surface area (Å²) in [5.74, 6) is -1.17. The molecule has 1 aromatic carbocycles. The van der Waals surface area contributed by atoms with Crippen LogP contribution in [-0.4, -0.2) is 74.1 Å². The minimum Gasteiger partial charge on any atom is -0.452 e. The molecule has 1 aliphatic heterocycles. The first-order valence-corrected chi connectivity index (χ1v) is 8.46. The van der Waals surface area contributed by atoms with Crippen LogP contribution in [0, 0.1) is 6.92 Å². The van der Waals surface area contributed by atoms with Gasteiger partial charge in [0.05, 0.1) is 19.8 Å². The minimum absolute atomic E-state index is 0.0461. The van der Waals surface area contributed by atoms with Crippen molar-refractivity contribution in [2.24, 2.45) is 0 Å². The molecule has 0 spiro atoms. The van der Waals surface area contributed by atoms with Gasteiger partial charge in [0.2, 0.25) is 5.91 Å².